The highest BCUT2D eigenvalue weighted by molar-refractivity contribution is 5.54. The van der Waals surface area contributed by atoms with Gasteiger partial charge in [0.05, 0.1) is 0 Å². The molecule has 0 saturated carbocycles. The van der Waals surface area contributed by atoms with Crippen LogP contribution < -0.4 is 11.5 Å². The van der Waals surface area contributed by atoms with E-state index in [0.717, 1.165) is 0 Å². The van der Waals surface area contributed by atoms with Crippen molar-refractivity contribution in [2.24, 2.45) is 0 Å². The zero-order valence-corrected chi connectivity index (χ0v) is 8.53. The smallest absolute Gasteiger partial charge is 0.182 e. The molecule has 1 aromatic rings. The number of rotatable bonds is 3. The van der Waals surface area contributed by atoms with Crippen LogP contribution in [0.4, 0.5) is 11.4 Å². The summed E-state index contributed by atoms with van der Waals surface area (Å²) >= 11 is 0. The molecule has 0 fully saturated rings. The molecule has 5 N–H and O–H groups in total. The van der Waals surface area contributed by atoms with Gasteiger partial charge < -0.3 is 21.3 Å². The summed E-state index contributed by atoms with van der Waals surface area (Å²) in [5.41, 5.74) is 12.7. The molecule has 0 bridgehead atoms. The Kier molecular flexibility index (Phi) is 3.98. The number of nitrogens with two attached hydrogens (primary N) is 2. The van der Waals surface area contributed by atoms with Gasteiger partial charge >= 0.3 is 0 Å². The Morgan fingerprint density at radius 3 is 2.47 bits per heavy atom. The molecule has 0 radical (unpaired) electrons. The third-order valence-electron chi connectivity index (χ3n) is 1.78. The highest BCUT2D eigenvalue weighted by Crippen LogP contribution is 2.20. The summed E-state index contributed by atoms with van der Waals surface area (Å²) < 4.78 is 5.05. The molecule has 80 valence electrons. The van der Waals surface area contributed by atoms with Crippen LogP contribution in [0.5, 0.6) is 0 Å². The molecule has 0 aromatic heterocycles. The second kappa shape index (κ2) is 5.25. The molecule has 0 aliphatic carbocycles. The minimum Gasteiger partial charge on any atom is -0.399 e. The number of nitrogen functional groups attached to an aromatic ring is 2. The predicted octanol–water partition coefficient (Wildman–Crippen LogP) is 0.882. The summed E-state index contributed by atoms with van der Waals surface area (Å²) in [6, 6.07) is 4.84. The second-order valence-corrected chi connectivity index (χ2v) is 3.02. The molecule has 1 rings (SSSR count). The fourth-order valence-corrected chi connectivity index (χ4v) is 1.13. The third-order valence-corrected chi connectivity index (χ3v) is 1.78. The lowest BCUT2D eigenvalue weighted by atomic mass is 10.1. The molecule has 0 aliphatic rings. The minimum absolute atomic E-state index is 0.173. The molecule has 1 atom stereocenters. The zero-order valence-electron chi connectivity index (χ0n) is 8.53. The van der Waals surface area contributed by atoms with E-state index < -0.39 is 6.29 Å². The average Bonchev–Trinajstić information content (AvgIpc) is 2.16. The average molecular weight is 206 g/mol. The molecule has 1 aromatic carbocycles. The maximum absolute atomic E-state index is 9.59. The van der Waals surface area contributed by atoms with Crippen LogP contribution in [0.2, 0.25) is 0 Å². The Labute approximate surface area is 88.8 Å². The molecule has 4 heteroatoms. The first-order valence-corrected chi connectivity index (χ1v) is 4.48. The van der Waals surface area contributed by atoms with Crippen molar-refractivity contribution in [3.8, 4) is 11.8 Å². The lowest BCUT2D eigenvalue weighted by molar-refractivity contribution is -0.0902. The normalized spacial score (nSPS) is 11.6. The summed E-state index contributed by atoms with van der Waals surface area (Å²) in [4.78, 5) is 0. The van der Waals surface area contributed by atoms with Gasteiger partial charge in [0.25, 0.3) is 0 Å². The van der Waals surface area contributed by atoms with E-state index >= 15 is 0 Å². The van der Waals surface area contributed by atoms with Crippen molar-refractivity contribution >= 4 is 11.4 Å². The molecule has 0 amide bonds. The van der Waals surface area contributed by atoms with Crippen molar-refractivity contribution in [2.45, 2.75) is 13.2 Å². The first kappa shape index (κ1) is 11.4. The van der Waals surface area contributed by atoms with Crippen molar-refractivity contribution < 1.29 is 9.84 Å². The van der Waals surface area contributed by atoms with E-state index in [1.807, 2.05) is 0 Å². The largest absolute Gasteiger partial charge is 0.399 e. The Bertz CT molecular complexity index is 373. The van der Waals surface area contributed by atoms with E-state index in [1.165, 1.54) is 0 Å². The highest BCUT2D eigenvalue weighted by atomic mass is 16.6. The van der Waals surface area contributed by atoms with Gasteiger partial charge in [-0.05, 0) is 25.1 Å². The summed E-state index contributed by atoms with van der Waals surface area (Å²) in [5.74, 6) is 5.35. The van der Waals surface area contributed by atoms with Gasteiger partial charge in [0.2, 0.25) is 0 Å². The molecular formula is C11H14N2O2. The highest BCUT2D eigenvalue weighted by Gasteiger charge is 2.08. The van der Waals surface area contributed by atoms with Gasteiger partial charge in [0.1, 0.15) is 6.61 Å². The van der Waals surface area contributed by atoms with Crippen molar-refractivity contribution in [2.75, 3.05) is 18.1 Å². The lowest BCUT2D eigenvalue weighted by Crippen LogP contribution is -2.05. The fraction of sp³-hybridized carbons (Fsp3) is 0.273. The van der Waals surface area contributed by atoms with E-state index in [4.69, 9.17) is 16.2 Å². The molecule has 0 spiro atoms. The fourth-order valence-electron chi connectivity index (χ4n) is 1.13. The van der Waals surface area contributed by atoms with E-state index in [9.17, 15) is 5.11 Å². The van der Waals surface area contributed by atoms with Crippen LogP contribution in [0.25, 0.3) is 0 Å². The van der Waals surface area contributed by atoms with Crippen LogP contribution >= 0.6 is 0 Å². The number of hydrogen-bond donors (Lipinski definition) is 3. The SMILES string of the molecule is CC#CCOC(O)c1cc(N)cc(N)c1. The molecule has 1 unspecified atom stereocenters. The Hall–Kier alpha value is -1.70. The summed E-state index contributed by atoms with van der Waals surface area (Å²) in [6.45, 7) is 1.88. The molecule has 4 nitrogen and oxygen atoms in total. The quantitative estimate of drug-likeness (QED) is 0.389. The lowest BCUT2D eigenvalue weighted by Gasteiger charge is -2.11. The van der Waals surface area contributed by atoms with Crippen molar-refractivity contribution in [3.63, 3.8) is 0 Å². The first-order valence-electron chi connectivity index (χ1n) is 4.48. The Balaban J connectivity index is 2.71. The van der Waals surface area contributed by atoms with Gasteiger partial charge in [-0.2, -0.15) is 0 Å². The van der Waals surface area contributed by atoms with Gasteiger partial charge in [0.15, 0.2) is 6.29 Å². The third kappa shape index (κ3) is 3.50. The molecule has 0 saturated heterocycles. The minimum atomic E-state index is -1.04. The van der Waals surface area contributed by atoms with E-state index in [2.05, 4.69) is 11.8 Å². The standard InChI is InChI=1S/C11H14N2O2/c1-2-3-4-15-11(14)8-5-9(12)7-10(13)6-8/h5-7,11,14H,4,12-13H2,1H3. The van der Waals surface area contributed by atoms with Gasteiger partial charge in [-0.3, -0.25) is 0 Å². The van der Waals surface area contributed by atoms with E-state index in [0.29, 0.717) is 16.9 Å². The number of anilines is 2. The molecule has 15 heavy (non-hydrogen) atoms. The number of ether oxygens (including phenoxy) is 1. The van der Waals surface area contributed by atoms with Gasteiger partial charge in [0, 0.05) is 16.9 Å². The molecular weight excluding hydrogens is 192 g/mol. The maximum Gasteiger partial charge on any atom is 0.182 e. The predicted molar refractivity (Wildman–Crippen MR) is 59.6 cm³/mol. The van der Waals surface area contributed by atoms with Crippen LogP contribution in [-0.4, -0.2) is 11.7 Å². The summed E-state index contributed by atoms with van der Waals surface area (Å²) in [7, 11) is 0. The van der Waals surface area contributed by atoms with Gasteiger partial charge in [-0.1, -0.05) is 5.92 Å². The summed E-state index contributed by atoms with van der Waals surface area (Å²) in [5, 5.41) is 9.59. The van der Waals surface area contributed by atoms with Crippen LogP contribution in [-0.2, 0) is 4.74 Å². The molecule has 0 aliphatic heterocycles. The van der Waals surface area contributed by atoms with Crippen molar-refractivity contribution in [1.82, 2.24) is 0 Å². The maximum atomic E-state index is 9.59. The number of aliphatic hydroxyl groups is 1. The van der Waals surface area contributed by atoms with E-state index in [-0.39, 0.29) is 6.61 Å². The Morgan fingerprint density at radius 2 is 1.93 bits per heavy atom. The van der Waals surface area contributed by atoms with Crippen LogP contribution in [0, 0.1) is 11.8 Å². The topological polar surface area (TPSA) is 81.5 Å². The summed E-state index contributed by atoms with van der Waals surface area (Å²) in [6.07, 6.45) is -1.04. The first-order chi connectivity index (χ1) is 7.13. The van der Waals surface area contributed by atoms with Crippen LogP contribution in [0.15, 0.2) is 18.2 Å². The van der Waals surface area contributed by atoms with Crippen LogP contribution in [0.1, 0.15) is 18.8 Å². The van der Waals surface area contributed by atoms with Crippen molar-refractivity contribution in [1.29, 1.82) is 0 Å². The van der Waals surface area contributed by atoms with E-state index in [1.54, 1.807) is 25.1 Å². The zero-order chi connectivity index (χ0) is 11.3. The van der Waals surface area contributed by atoms with Crippen LogP contribution in [0.3, 0.4) is 0 Å². The van der Waals surface area contributed by atoms with Gasteiger partial charge in [-0.15, -0.1) is 5.92 Å². The monoisotopic (exact) mass is 206 g/mol. The number of aliphatic hydroxyl groups excluding tert-OH is 1. The Morgan fingerprint density at radius 1 is 1.33 bits per heavy atom. The molecule has 0 heterocycles. The number of hydrogen-bond acceptors (Lipinski definition) is 4. The van der Waals surface area contributed by atoms with Crippen molar-refractivity contribution in [3.05, 3.63) is 23.8 Å². The number of benzene rings is 1. The second-order valence-electron chi connectivity index (χ2n) is 3.02. The van der Waals surface area contributed by atoms with Gasteiger partial charge in [-0.25, -0.2) is 0 Å².